The van der Waals surface area contributed by atoms with Crippen LogP contribution in [-0.4, -0.2) is 11.7 Å². The zero-order valence-electron chi connectivity index (χ0n) is 8.75. The molecule has 3 rings (SSSR count). The zero-order valence-corrected chi connectivity index (χ0v) is 9.57. The summed E-state index contributed by atoms with van der Waals surface area (Å²) in [5.74, 6) is 0.636. The number of anilines is 1. The lowest BCUT2D eigenvalue weighted by Gasteiger charge is -2.38. The second-order valence-corrected chi connectivity index (χ2v) is 5.53. The van der Waals surface area contributed by atoms with Gasteiger partial charge in [0.05, 0.1) is 11.1 Å². The molecular formula is C12H12FNOS. The van der Waals surface area contributed by atoms with Gasteiger partial charge < -0.3 is 5.32 Å². The third-order valence-corrected chi connectivity index (χ3v) is 4.83. The first-order chi connectivity index (χ1) is 7.70. The first kappa shape index (κ1) is 10.1. The van der Waals surface area contributed by atoms with Crippen LogP contribution in [0, 0.1) is 11.2 Å². The Morgan fingerprint density at radius 1 is 1.38 bits per heavy atom. The van der Waals surface area contributed by atoms with Gasteiger partial charge in [0.2, 0.25) is 5.91 Å². The van der Waals surface area contributed by atoms with Gasteiger partial charge in [0.15, 0.2) is 0 Å². The van der Waals surface area contributed by atoms with Gasteiger partial charge in [0.1, 0.15) is 5.82 Å². The Morgan fingerprint density at radius 3 is 2.88 bits per heavy atom. The van der Waals surface area contributed by atoms with Crippen molar-refractivity contribution in [2.45, 2.75) is 24.2 Å². The molecule has 4 heteroatoms. The molecule has 1 heterocycles. The number of fused-ring (bicyclic) bond motifs is 1. The summed E-state index contributed by atoms with van der Waals surface area (Å²) in [6.45, 7) is 0. The molecule has 1 N–H and O–H groups in total. The number of hydrogen-bond donors (Lipinski definition) is 1. The summed E-state index contributed by atoms with van der Waals surface area (Å²) in [7, 11) is 0. The lowest BCUT2D eigenvalue weighted by molar-refractivity contribution is -0.128. The third-order valence-electron chi connectivity index (χ3n) is 3.49. The van der Waals surface area contributed by atoms with Crippen molar-refractivity contribution >= 4 is 23.4 Å². The largest absolute Gasteiger partial charge is 0.325 e. The Hall–Kier alpha value is -1.03. The number of nitrogens with one attached hydrogen (secondary N) is 1. The van der Waals surface area contributed by atoms with Crippen molar-refractivity contribution in [3.63, 3.8) is 0 Å². The van der Waals surface area contributed by atoms with Crippen LogP contribution in [-0.2, 0) is 4.79 Å². The molecule has 1 spiro atoms. The Bertz CT molecular complexity index is 456. The van der Waals surface area contributed by atoms with Gasteiger partial charge in [-0.25, -0.2) is 4.39 Å². The highest BCUT2D eigenvalue weighted by Crippen LogP contribution is 2.48. The smallest absolute Gasteiger partial charge is 0.231 e. The molecule has 1 aromatic rings. The second kappa shape index (κ2) is 3.48. The van der Waals surface area contributed by atoms with E-state index in [0.717, 1.165) is 35.6 Å². The third kappa shape index (κ3) is 1.44. The fourth-order valence-electron chi connectivity index (χ4n) is 2.23. The van der Waals surface area contributed by atoms with Crippen molar-refractivity contribution in [3.8, 4) is 0 Å². The molecule has 0 atom stereocenters. The molecule has 0 aromatic heterocycles. The van der Waals surface area contributed by atoms with Crippen LogP contribution in [0.1, 0.15) is 19.3 Å². The summed E-state index contributed by atoms with van der Waals surface area (Å²) in [6.07, 6.45) is 3.04. The molecule has 0 radical (unpaired) electrons. The molecule has 2 nitrogen and oxygen atoms in total. The van der Waals surface area contributed by atoms with Crippen LogP contribution in [0.15, 0.2) is 23.1 Å². The number of halogens is 1. The Balaban J connectivity index is 1.96. The van der Waals surface area contributed by atoms with Gasteiger partial charge in [-0.2, -0.15) is 0 Å². The van der Waals surface area contributed by atoms with Gasteiger partial charge >= 0.3 is 0 Å². The van der Waals surface area contributed by atoms with Gasteiger partial charge in [-0.1, -0.05) is 6.42 Å². The van der Waals surface area contributed by atoms with Gasteiger partial charge in [-0.3, -0.25) is 4.79 Å². The minimum atomic E-state index is -0.245. The molecule has 84 valence electrons. The molecule has 16 heavy (non-hydrogen) atoms. The maximum absolute atomic E-state index is 13.1. The van der Waals surface area contributed by atoms with E-state index in [0.29, 0.717) is 0 Å². The normalized spacial score (nSPS) is 21.9. The van der Waals surface area contributed by atoms with Crippen LogP contribution in [0.25, 0.3) is 0 Å². The van der Waals surface area contributed by atoms with Crippen LogP contribution in [0.5, 0.6) is 0 Å². The fourth-order valence-corrected chi connectivity index (χ4v) is 3.55. The average Bonchev–Trinajstić information content (AvgIpc) is 2.33. The second-order valence-electron chi connectivity index (χ2n) is 4.52. The first-order valence-corrected chi connectivity index (χ1v) is 6.42. The molecule has 0 saturated heterocycles. The van der Waals surface area contributed by atoms with Gasteiger partial charge in [-0.05, 0) is 31.0 Å². The van der Waals surface area contributed by atoms with E-state index in [1.54, 1.807) is 17.8 Å². The Kier molecular flexibility index (Phi) is 2.21. The number of hydrogen-bond acceptors (Lipinski definition) is 2. The molecule has 1 aliphatic carbocycles. The van der Waals surface area contributed by atoms with E-state index in [1.807, 2.05) is 0 Å². The minimum absolute atomic E-state index is 0.108. The summed E-state index contributed by atoms with van der Waals surface area (Å²) in [5.41, 5.74) is 0.556. The number of rotatable bonds is 0. The van der Waals surface area contributed by atoms with E-state index >= 15 is 0 Å². The standard InChI is InChI=1S/C12H12FNOS/c13-8-2-3-9-10(6-8)16-7-12(4-1-5-12)11(15)14-9/h2-3,6H,1,4-5,7H2,(H,14,15). The highest BCUT2D eigenvalue weighted by atomic mass is 32.2. The molecule has 1 aliphatic heterocycles. The van der Waals surface area contributed by atoms with Crippen molar-refractivity contribution in [3.05, 3.63) is 24.0 Å². The average molecular weight is 237 g/mol. The molecule has 0 unspecified atom stereocenters. The number of carbonyl (C=O) groups is 1. The summed E-state index contributed by atoms with van der Waals surface area (Å²) in [4.78, 5) is 12.9. The van der Waals surface area contributed by atoms with E-state index in [2.05, 4.69) is 5.32 Å². The topological polar surface area (TPSA) is 29.1 Å². The Labute approximate surface area is 97.6 Å². The molecule has 2 aliphatic rings. The quantitative estimate of drug-likeness (QED) is 0.751. The fraction of sp³-hybridized carbons (Fsp3) is 0.417. The van der Waals surface area contributed by atoms with E-state index in [-0.39, 0.29) is 17.1 Å². The van der Waals surface area contributed by atoms with Crippen LogP contribution in [0.3, 0.4) is 0 Å². The van der Waals surface area contributed by atoms with Crippen molar-refractivity contribution in [1.82, 2.24) is 0 Å². The maximum Gasteiger partial charge on any atom is 0.231 e. The highest BCUT2D eigenvalue weighted by molar-refractivity contribution is 7.99. The molecule has 1 amide bonds. The molecular weight excluding hydrogens is 225 g/mol. The SMILES string of the molecule is O=C1Nc2ccc(F)cc2SCC12CCC2. The predicted molar refractivity (Wildman–Crippen MR) is 62.0 cm³/mol. The van der Waals surface area contributed by atoms with Crippen LogP contribution in [0.4, 0.5) is 10.1 Å². The number of benzene rings is 1. The highest BCUT2D eigenvalue weighted by Gasteiger charge is 2.45. The zero-order chi connectivity index (χ0) is 11.2. The number of thioether (sulfide) groups is 1. The molecule has 1 aromatic carbocycles. The number of carbonyl (C=O) groups excluding carboxylic acids is 1. The van der Waals surface area contributed by atoms with Gasteiger partial charge in [-0.15, -0.1) is 11.8 Å². The summed E-state index contributed by atoms with van der Waals surface area (Å²) >= 11 is 1.59. The minimum Gasteiger partial charge on any atom is -0.325 e. The first-order valence-electron chi connectivity index (χ1n) is 5.43. The van der Waals surface area contributed by atoms with Crippen LogP contribution in [0.2, 0.25) is 0 Å². The summed E-state index contributed by atoms with van der Waals surface area (Å²) in [5, 5.41) is 2.92. The van der Waals surface area contributed by atoms with E-state index in [1.165, 1.54) is 12.1 Å². The monoisotopic (exact) mass is 237 g/mol. The predicted octanol–water partition coefficient (Wildman–Crippen LogP) is 3.04. The van der Waals surface area contributed by atoms with E-state index in [4.69, 9.17) is 0 Å². The van der Waals surface area contributed by atoms with Crippen LogP contribution >= 0.6 is 11.8 Å². The maximum atomic E-state index is 13.1. The van der Waals surface area contributed by atoms with Crippen molar-refractivity contribution < 1.29 is 9.18 Å². The Morgan fingerprint density at radius 2 is 2.19 bits per heavy atom. The number of amides is 1. The van der Waals surface area contributed by atoms with Crippen molar-refractivity contribution in [2.75, 3.05) is 11.1 Å². The van der Waals surface area contributed by atoms with Crippen LogP contribution < -0.4 is 5.32 Å². The molecule has 1 fully saturated rings. The summed E-state index contributed by atoms with van der Waals surface area (Å²) < 4.78 is 13.1. The molecule has 0 bridgehead atoms. The van der Waals surface area contributed by atoms with Crippen molar-refractivity contribution in [1.29, 1.82) is 0 Å². The lowest BCUT2D eigenvalue weighted by Crippen LogP contribution is -2.43. The van der Waals surface area contributed by atoms with E-state index in [9.17, 15) is 9.18 Å². The van der Waals surface area contributed by atoms with Gasteiger partial charge in [0, 0.05) is 10.6 Å². The van der Waals surface area contributed by atoms with Crippen molar-refractivity contribution in [2.24, 2.45) is 5.41 Å². The summed E-state index contributed by atoms with van der Waals surface area (Å²) in [6, 6.07) is 4.53. The lowest BCUT2D eigenvalue weighted by atomic mass is 9.69. The molecule has 1 saturated carbocycles. The van der Waals surface area contributed by atoms with Gasteiger partial charge in [0.25, 0.3) is 0 Å². The van der Waals surface area contributed by atoms with E-state index < -0.39 is 0 Å².